The number of nitrogens with zero attached hydrogens (tertiary/aromatic N) is 1. The molecule has 3 rings (SSSR count). The molecule has 0 bridgehead atoms. The van der Waals surface area contributed by atoms with Gasteiger partial charge >= 0.3 is 5.97 Å². The normalized spacial score (nSPS) is 14.9. The van der Waals surface area contributed by atoms with Crippen LogP contribution in [0.2, 0.25) is 0 Å². The summed E-state index contributed by atoms with van der Waals surface area (Å²) in [4.78, 5) is 26.0. The minimum absolute atomic E-state index is 0.0892. The number of benzene rings is 2. The van der Waals surface area contributed by atoms with Crippen molar-refractivity contribution in [2.75, 3.05) is 13.2 Å². The smallest absolute Gasteiger partial charge is 0.335 e. The largest absolute Gasteiger partial charge is 0.490 e. The van der Waals surface area contributed by atoms with Gasteiger partial charge in [-0.15, -0.1) is 0 Å². The highest BCUT2D eigenvalue weighted by atomic mass is 79.9. The molecule has 1 fully saturated rings. The minimum Gasteiger partial charge on any atom is -0.490 e. The summed E-state index contributed by atoms with van der Waals surface area (Å²) < 4.78 is 13.0. The molecule has 1 aliphatic heterocycles. The van der Waals surface area contributed by atoms with Gasteiger partial charge in [-0.1, -0.05) is 65.9 Å². The highest BCUT2D eigenvalue weighted by Crippen LogP contribution is 2.38. The van der Waals surface area contributed by atoms with Gasteiger partial charge in [-0.25, -0.2) is 4.79 Å². The summed E-state index contributed by atoms with van der Waals surface area (Å²) in [6.07, 6.45) is 1.81. The number of rotatable bonds is 9. The number of hydrogen-bond acceptors (Lipinski definition) is 6. The van der Waals surface area contributed by atoms with Crippen molar-refractivity contribution in [2.24, 2.45) is 5.92 Å². The van der Waals surface area contributed by atoms with Crippen molar-refractivity contribution in [3.05, 3.63) is 62.5 Å². The van der Waals surface area contributed by atoms with E-state index in [2.05, 4.69) is 15.9 Å². The van der Waals surface area contributed by atoms with Gasteiger partial charge in [-0.05, 0) is 54.3 Å². The van der Waals surface area contributed by atoms with E-state index in [0.717, 1.165) is 15.6 Å². The zero-order chi connectivity index (χ0) is 24.1. The number of hydrogen-bond donors (Lipinski definition) is 1. The fourth-order valence-corrected chi connectivity index (χ4v) is 4.81. The van der Waals surface area contributed by atoms with Gasteiger partial charge in [-0.2, -0.15) is 0 Å². The molecule has 1 aliphatic rings. The average molecular weight is 550 g/mol. The Kier molecular flexibility index (Phi) is 8.56. The summed E-state index contributed by atoms with van der Waals surface area (Å²) in [7, 11) is 0. The SMILES string of the molecule is CCOc1cc(/C=C2\SC(=S)N(CC(C)C)C2=O)c(Br)cc1OCc1ccc(C(=O)O)cc1. The number of carbonyl (C=O) groups excluding carboxylic acids is 1. The quantitative estimate of drug-likeness (QED) is 0.304. The zero-order valence-electron chi connectivity index (χ0n) is 18.5. The van der Waals surface area contributed by atoms with Crippen LogP contribution in [-0.4, -0.2) is 39.4 Å². The van der Waals surface area contributed by atoms with E-state index in [4.69, 9.17) is 26.8 Å². The van der Waals surface area contributed by atoms with Crippen LogP contribution in [0.4, 0.5) is 0 Å². The molecule has 2 aromatic carbocycles. The lowest BCUT2D eigenvalue weighted by Gasteiger charge is -2.16. The van der Waals surface area contributed by atoms with Gasteiger partial charge in [0.2, 0.25) is 0 Å². The van der Waals surface area contributed by atoms with Gasteiger partial charge in [0.25, 0.3) is 5.91 Å². The lowest BCUT2D eigenvalue weighted by atomic mass is 10.1. The van der Waals surface area contributed by atoms with Crippen LogP contribution in [0.5, 0.6) is 11.5 Å². The summed E-state index contributed by atoms with van der Waals surface area (Å²) in [6, 6.07) is 10.1. The molecule has 174 valence electrons. The first kappa shape index (κ1) is 25.3. The van der Waals surface area contributed by atoms with Crippen molar-refractivity contribution in [1.82, 2.24) is 4.90 Å². The van der Waals surface area contributed by atoms with E-state index < -0.39 is 5.97 Å². The Labute approximate surface area is 211 Å². The third kappa shape index (κ3) is 6.37. The molecule has 0 atom stereocenters. The molecule has 0 aliphatic carbocycles. The predicted molar refractivity (Wildman–Crippen MR) is 138 cm³/mol. The van der Waals surface area contributed by atoms with Gasteiger partial charge < -0.3 is 14.6 Å². The highest BCUT2D eigenvalue weighted by Gasteiger charge is 2.32. The maximum atomic E-state index is 12.8. The first-order valence-corrected chi connectivity index (χ1v) is 12.4. The summed E-state index contributed by atoms with van der Waals surface area (Å²) in [5.41, 5.74) is 1.83. The Morgan fingerprint density at radius 3 is 2.48 bits per heavy atom. The second-order valence-electron chi connectivity index (χ2n) is 7.73. The number of aromatic carboxylic acids is 1. The number of carboxylic acids is 1. The number of amides is 1. The Balaban J connectivity index is 1.82. The molecule has 0 aromatic heterocycles. The van der Waals surface area contributed by atoms with Crippen molar-refractivity contribution in [3.63, 3.8) is 0 Å². The highest BCUT2D eigenvalue weighted by molar-refractivity contribution is 9.10. The van der Waals surface area contributed by atoms with Crippen molar-refractivity contribution in [3.8, 4) is 11.5 Å². The van der Waals surface area contributed by atoms with Crippen LogP contribution in [0.25, 0.3) is 6.08 Å². The van der Waals surface area contributed by atoms with E-state index in [1.807, 2.05) is 26.8 Å². The molecule has 0 spiro atoms. The number of ether oxygens (including phenoxy) is 2. The maximum Gasteiger partial charge on any atom is 0.335 e. The molecular formula is C24H24BrNO5S2. The van der Waals surface area contributed by atoms with Crippen LogP contribution >= 0.6 is 39.9 Å². The van der Waals surface area contributed by atoms with E-state index in [0.29, 0.717) is 39.8 Å². The number of carbonyl (C=O) groups is 2. The van der Waals surface area contributed by atoms with E-state index >= 15 is 0 Å². The molecule has 9 heteroatoms. The number of thioether (sulfide) groups is 1. The van der Waals surface area contributed by atoms with Crippen molar-refractivity contribution in [2.45, 2.75) is 27.4 Å². The monoisotopic (exact) mass is 549 g/mol. The third-order valence-electron chi connectivity index (χ3n) is 4.67. The Morgan fingerprint density at radius 1 is 1.21 bits per heavy atom. The predicted octanol–water partition coefficient (Wildman–Crippen LogP) is 5.98. The lowest BCUT2D eigenvalue weighted by Crippen LogP contribution is -2.31. The fourth-order valence-electron chi connectivity index (χ4n) is 3.11. The molecule has 1 amide bonds. The van der Waals surface area contributed by atoms with Crippen molar-refractivity contribution >= 4 is 62.2 Å². The molecular weight excluding hydrogens is 526 g/mol. The molecule has 0 saturated carbocycles. The van der Waals surface area contributed by atoms with Crippen LogP contribution in [0, 0.1) is 5.92 Å². The van der Waals surface area contributed by atoms with E-state index in [-0.39, 0.29) is 18.1 Å². The molecule has 33 heavy (non-hydrogen) atoms. The van der Waals surface area contributed by atoms with E-state index in [9.17, 15) is 9.59 Å². The second kappa shape index (κ2) is 11.2. The number of halogens is 1. The van der Waals surface area contributed by atoms with Gasteiger partial charge in [0.05, 0.1) is 17.1 Å². The standard InChI is InChI=1S/C24H24BrNO5S2/c1-4-30-19-9-17(10-21-22(27)26(12-14(2)3)24(32)33-21)18(25)11-20(19)31-13-15-5-7-16(8-6-15)23(28)29/h5-11,14H,4,12-13H2,1-3H3,(H,28,29)/b21-10-. The first-order chi connectivity index (χ1) is 15.7. The van der Waals surface area contributed by atoms with E-state index in [1.165, 1.54) is 11.8 Å². The van der Waals surface area contributed by atoms with Gasteiger partial charge in [0.1, 0.15) is 10.9 Å². The van der Waals surface area contributed by atoms with Crippen molar-refractivity contribution in [1.29, 1.82) is 0 Å². The van der Waals surface area contributed by atoms with Crippen LogP contribution in [-0.2, 0) is 11.4 Å². The lowest BCUT2D eigenvalue weighted by molar-refractivity contribution is -0.122. The van der Waals surface area contributed by atoms with Crippen LogP contribution < -0.4 is 9.47 Å². The maximum absolute atomic E-state index is 12.8. The summed E-state index contributed by atoms with van der Waals surface area (Å²) in [5.74, 6) is 0.345. The molecule has 2 aromatic rings. The number of thiocarbonyl (C=S) groups is 1. The molecule has 0 radical (unpaired) electrons. The summed E-state index contributed by atoms with van der Waals surface area (Å²) in [5, 5.41) is 9.03. The van der Waals surface area contributed by atoms with Crippen LogP contribution in [0.1, 0.15) is 42.3 Å². The van der Waals surface area contributed by atoms with Crippen LogP contribution in [0.3, 0.4) is 0 Å². The molecule has 1 saturated heterocycles. The minimum atomic E-state index is -0.971. The fraction of sp³-hybridized carbons (Fsp3) is 0.292. The Hall–Kier alpha value is -2.36. The molecule has 0 unspecified atom stereocenters. The Morgan fingerprint density at radius 2 is 1.88 bits per heavy atom. The summed E-state index contributed by atoms with van der Waals surface area (Å²) >= 11 is 10.3. The van der Waals surface area contributed by atoms with Gasteiger partial charge in [0, 0.05) is 11.0 Å². The zero-order valence-corrected chi connectivity index (χ0v) is 21.7. The van der Waals surface area contributed by atoms with Crippen LogP contribution in [0.15, 0.2) is 45.8 Å². The third-order valence-corrected chi connectivity index (χ3v) is 6.73. The van der Waals surface area contributed by atoms with E-state index in [1.54, 1.807) is 41.3 Å². The molecule has 1 heterocycles. The van der Waals surface area contributed by atoms with Gasteiger partial charge in [0.15, 0.2) is 11.5 Å². The van der Waals surface area contributed by atoms with Gasteiger partial charge in [-0.3, -0.25) is 9.69 Å². The second-order valence-corrected chi connectivity index (χ2v) is 10.3. The topological polar surface area (TPSA) is 76.1 Å². The number of carboxylic acid groups (broad SMARTS) is 1. The Bertz CT molecular complexity index is 1100. The summed E-state index contributed by atoms with van der Waals surface area (Å²) in [6.45, 7) is 7.26. The molecule has 6 nitrogen and oxygen atoms in total. The van der Waals surface area contributed by atoms with Crippen molar-refractivity contribution < 1.29 is 24.2 Å². The first-order valence-electron chi connectivity index (χ1n) is 10.4. The molecule has 1 N–H and O–H groups in total. The average Bonchev–Trinajstić information content (AvgIpc) is 3.02.